The maximum absolute atomic E-state index is 13.0. The fraction of sp³-hybridized carbons (Fsp3) is 0.444. The van der Waals surface area contributed by atoms with E-state index in [-0.39, 0.29) is 25.0 Å². The van der Waals surface area contributed by atoms with Crippen molar-refractivity contribution in [3.8, 4) is 11.1 Å². The van der Waals surface area contributed by atoms with Crippen LogP contribution in [0.4, 0.5) is 4.79 Å². The van der Waals surface area contributed by atoms with Crippen molar-refractivity contribution < 1.29 is 29.0 Å². The Morgan fingerprint density at radius 2 is 1.63 bits per heavy atom. The molecule has 2 aromatic carbocycles. The van der Waals surface area contributed by atoms with E-state index in [0.29, 0.717) is 6.42 Å². The first kappa shape index (κ1) is 24.7. The molecule has 1 heterocycles. The number of alkyl carbamates (subject to hydrolysis) is 1. The highest BCUT2D eigenvalue weighted by Gasteiger charge is 2.53. The second-order valence-electron chi connectivity index (χ2n) is 9.96. The van der Waals surface area contributed by atoms with Gasteiger partial charge in [-0.15, -0.1) is 0 Å². The van der Waals surface area contributed by atoms with Crippen LogP contribution in [0.2, 0.25) is 0 Å². The Balaban J connectivity index is 1.38. The van der Waals surface area contributed by atoms with Crippen LogP contribution in [0, 0.1) is 5.92 Å². The number of rotatable bonds is 7. The van der Waals surface area contributed by atoms with Crippen molar-refractivity contribution in [3.05, 3.63) is 59.7 Å². The van der Waals surface area contributed by atoms with E-state index < -0.39 is 35.8 Å². The molecule has 0 spiro atoms. The van der Waals surface area contributed by atoms with Gasteiger partial charge in [-0.3, -0.25) is 9.69 Å². The van der Waals surface area contributed by atoms with Crippen LogP contribution in [0.25, 0.3) is 11.1 Å². The fourth-order valence-corrected chi connectivity index (χ4v) is 5.24. The average molecular weight is 481 g/mol. The van der Waals surface area contributed by atoms with E-state index in [1.54, 1.807) is 13.8 Å². The summed E-state index contributed by atoms with van der Waals surface area (Å²) >= 11 is 0. The van der Waals surface area contributed by atoms with E-state index in [2.05, 4.69) is 17.4 Å². The zero-order valence-electron chi connectivity index (χ0n) is 20.5. The molecule has 35 heavy (non-hydrogen) atoms. The van der Waals surface area contributed by atoms with Crippen LogP contribution in [0.3, 0.4) is 0 Å². The van der Waals surface area contributed by atoms with Crippen molar-refractivity contribution in [2.75, 3.05) is 13.2 Å². The number of aliphatic carboxylic acids is 1. The summed E-state index contributed by atoms with van der Waals surface area (Å²) in [6.07, 6.45) is -0.853. The number of hydrogen-bond acceptors (Lipinski definition) is 5. The molecule has 1 aliphatic carbocycles. The highest BCUT2D eigenvalue weighted by atomic mass is 16.6. The van der Waals surface area contributed by atoms with Crippen LogP contribution in [0.5, 0.6) is 0 Å². The number of amides is 2. The Hall–Kier alpha value is -3.39. The minimum Gasteiger partial charge on any atom is -0.480 e. The molecule has 8 nitrogen and oxygen atoms in total. The summed E-state index contributed by atoms with van der Waals surface area (Å²) in [4.78, 5) is 38.7. The molecule has 0 saturated carbocycles. The molecule has 0 aromatic heterocycles. The predicted octanol–water partition coefficient (Wildman–Crippen LogP) is 3.99. The van der Waals surface area contributed by atoms with E-state index in [0.717, 1.165) is 22.3 Å². The lowest BCUT2D eigenvalue weighted by Crippen LogP contribution is -2.54. The van der Waals surface area contributed by atoms with Gasteiger partial charge in [0.25, 0.3) is 0 Å². The molecular weight excluding hydrogens is 448 g/mol. The van der Waals surface area contributed by atoms with Gasteiger partial charge < -0.3 is 19.9 Å². The number of benzene rings is 2. The quantitative estimate of drug-likeness (QED) is 0.621. The molecule has 0 unspecified atom stereocenters. The van der Waals surface area contributed by atoms with Crippen molar-refractivity contribution >= 4 is 18.0 Å². The lowest BCUT2D eigenvalue weighted by atomic mass is 9.98. The van der Waals surface area contributed by atoms with Crippen LogP contribution in [-0.2, 0) is 19.1 Å². The summed E-state index contributed by atoms with van der Waals surface area (Å²) in [6.45, 7) is 7.00. The summed E-state index contributed by atoms with van der Waals surface area (Å²) in [5.41, 5.74) is 3.32. The monoisotopic (exact) mass is 480 g/mol. The summed E-state index contributed by atoms with van der Waals surface area (Å²) < 4.78 is 11.4. The van der Waals surface area contributed by atoms with Gasteiger partial charge in [-0.2, -0.15) is 0 Å². The van der Waals surface area contributed by atoms with Crippen LogP contribution in [-0.4, -0.2) is 59.0 Å². The van der Waals surface area contributed by atoms with E-state index >= 15 is 0 Å². The number of carboxylic acid groups (broad SMARTS) is 1. The molecule has 2 N–H and O–H groups in total. The molecule has 0 bridgehead atoms. The SMILES string of the molecule is CC(C)C[C@H]1OC(C)(C)N(C(=O)CNC(=O)OCC2c3ccccc3-c3ccccc32)[C@@H]1C(=O)O. The number of nitrogens with zero attached hydrogens (tertiary/aromatic N) is 1. The second-order valence-corrected chi connectivity index (χ2v) is 9.96. The predicted molar refractivity (Wildman–Crippen MR) is 130 cm³/mol. The van der Waals surface area contributed by atoms with E-state index in [9.17, 15) is 19.5 Å². The van der Waals surface area contributed by atoms with Crippen LogP contribution in [0.1, 0.15) is 51.2 Å². The summed E-state index contributed by atoms with van der Waals surface area (Å²) in [6, 6.07) is 14.9. The summed E-state index contributed by atoms with van der Waals surface area (Å²) in [5.74, 6) is -1.56. The maximum Gasteiger partial charge on any atom is 0.407 e. The molecule has 1 aliphatic heterocycles. The summed E-state index contributed by atoms with van der Waals surface area (Å²) in [5, 5.41) is 12.3. The van der Waals surface area contributed by atoms with Crippen molar-refractivity contribution in [2.24, 2.45) is 5.92 Å². The molecule has 2 aromatic rings. The molecule has 2 amide bonds. The van der Waals surface area contributed by atoms with Crippen LogP contribution in [0.15, 0.2) is 48.5 Å². The number of fused-ring (bicyclic) bond motifs is 3. The van der Waals surface area contributed by atoms with Gasteiger partial charge in [0.2, 0.25) is 5.91 Å². The van der Waals surface area contributed by atoms with E-state index in [4.69, 9.17) is 9.47 Å². The Bertz CT molecular complexity index is 1080. The third-order valence-electron chi connectivity index (χ3n) is 6.60. The minimum atomic E-state index is -1.13. The minimum absolute atomic E-state index is 0.0945. The topological polar surface area (TPSA) is 105 Å². The molecular formula is C27H32N2O6. The van der Waals surface area contributed by atoms with Crippen molar-refractivity contribution in [1.29, 1.82) is 0 Å². The van der Waals surface area contributed by atoms with Gasteiger partial charge in [0.1, 0.15) is 18.9 Å². The zero-order valence-corrected chi connectivity index (χ0v) is 20.5. The normalized spacial score (nSPS) is 20.4. The highest BCUT2D eigenvalue weighted by molar-refractivity contribution is 5.88. The first-order valence-corrected chi connectivity index (χ1v) is 11.9. The third-order valence-corrected chi connectivity index (χ3v) is 6.60. The number of nitrogens with one attached hydrogen (secondary N) is 1. The molecule has 0 radical (unpaired) electrons. The van der Waals surface area contributed by atoms with Gasteiger partial charge in [0.15, 0.2) is 6.04 Å². The van der Waals surface area contributed by atoms with Gasteiger partial charge in [-0.25, -0.2) is 9.59 Å². The fourth-order valence-electron chi connectivity index (χ4n) is 5.24. The van der Waals surface area contributed by atoms with Crippen LogP contribution < -0.4 is 5.32 Å². The number of carbonyl (C=O) groups is 3. The first-order valence-electron chi connectivity index (χ1n) is 11.9. The van der Waals surface area contributed by atoms with Gasteiger partial charge in [-0.05, 0) is 48.4 Å². The number of carboxylic acids is 1. The first-order chi connectivity index (χ1) is 16.6. The molecule has 2 atom stereocenters. The van der Waals surface area contributed by atoms with Crippen molar-refractivity contribution in [1.82, 2.24) is 10.2 Å². The Labute approximate surface area is 205 Å². The van der Waals surface area contributed by atoms with Crippen molar-refractivity contribution in [2.45, 2.75) is 57.9 Å². The zero-order chi connectivity index (χ0) is 25.3. The van der Waals surface area contributed by atoms with Gasteiger partial charge >= 0.3 is 12.1 Å². The summed E-state index contributed by atoms with van der Waals surface area (Å²) in [7, 11) is 0. The lowest BCUT2D eigenvalue weighted by molar-refractivity contribution is -0.154. The second kappa shape index (κ2) is 9.70. The van der Waals surface area contributed by atoms with E-state index in [1.807, 2.05) is 50.2 Å². The standard InChI is InChI=1S/C27H32N2O6/c1-16(2)13-22-24(25(31)32)29(27(3,4)35-22)23(30)14-28-26(33)34-15-21-19-11-7-5-9-17(19)18-10-6-8-12-20(18)21/h5-12,16,21-22,24H,13-15H2,1-4H3,(H,28,33)(H,31,32)/t22-,24+/m1/s1. The number of hydrogen-bond donors (Lipinski definition) is 2. The Morgan fingerprint density at radius 3 is 2.17 bits per heavy atom. The van der Waals surface area contributed by atoms with Gasteiger partial charge in [-0.1, -0.05) is 62.4 Å². The maximum atomic E-state index is 13.0. The van der Waals surface area contributed by atoms with E-state index in [1.165, 1.54) is 4.90 Å². The molecule has 1 fully saturated rings. The lowest BCUT2D eigenvalue weighted by Gasteiger charge is -2.32. The Kier molecular flexibility index (Phi) is 6.85. The Morgan fingerprint density at radius 1 is 1.06 bits per heavy atom. The molecule has 4 rings (SSSR count). The number of carbonyl (C=O) groups excluding carboxylic acids is 2. The van der Waals surface area contributed by atoms with Crippen LogP contribution >= 0.6 is 0 Å². The van der Waals surface area contributed by atoms with Crippen molar-refractivity contribution in [3.63, 3.8) is 0 Å². The largest absolute Gasteiger partial charge is 0.480 e. The average Bonchev–Trinajstić information content (AvgIpc) is 3.26. The highest BCUT2D eigenvalue weighted by Crippen LogP contribution is 2.44. The smallest absolute Gasteiger partial charge is 0.407 e. The molecule has 8 heteroatoms. The number of ether oxygens (including phenoxy) is 2. The third kappa shape index (κ3) is 4.89. The molecule has 2 aliphatic rings. The van der Waals surface area contributed by atoms with Gasteiger partial charge in [0.05, 0.1) is 6.10 Å². The molecule has 186 valence electrons. The van der Waals surface area contributed by atoms with Gasteiger partial charge in [0, 0.05) is 5.92 Å². The molecule has 1 saturated heterocycles.